The summed E-state index contributed by atoms with van der Waals surface area (Å²) in [5, 5.41) is 5.57. The van der Waals surface area contributed by atoms with Crippen molar-refractivity contribution in [3.05, 3.63) is 113 Å². The van der Waals surface area contributed by atoms with Gasteiger partial charge in [0.05, 0.1) is 18.8 Å². The van der Waals surface area contributed by atoms with Crippen LogP contribution in [0.25, 0.3) is 0 Å². The lowest BCUT2D eigenvalue weighted by molar-refractivity contribution is 0.102. The van der Waals surface area contributed by atoms with Crippen molar-refractivity contribution in [2.75, 3.05) is 38.6 Å². The number of piperazine rings is 1. The number of carbonyl (C=O) groups excluding carboxylic acids is 1. The Labute approximate surface area is 240 Å². The minimum Gasteiger partial charge on any atom is -0.497 e. The van der Waals surface area contributed by atoms with E-state index in [2.05, 4.69) is 80.8 Å². The number of rotatable bonds is 8. The Kier molecular flexibility index (Phi) is 11.1. The number of aromatic nitrogens is 1. The molecular weight excluding hydrogens is 539 g/mol. The van der Waals surface area contributed by atoms with Crippen molar-refractivity contribution < 1.29 is 9.53 Å². The summed E-state index contributed by atoms with van der Waals surface area (Å²) in [5.41, 5.74) is 4.22. The van der Waals surface area contributed by atoms with E-state index in [1.807, 2.05) is 5.38 Å². The second-order valence-corrected chi connectivity index (χ2v) is 9.72. The SMILES string of the molecule is COc1ccc(C(=O)Nc2nc(CN3CCN(C(c4ccccc4)c4ccccc4)CC3)cs2)cc1.Cl.Cl. The molecule has 200 valence electrons. The molecule has 0 unspecified atom stereocenters. The van der Waals surface area contributed by atoms with Gasteiger partial charge in [0, 0.05) is 43.7 Å². The van der Waals surface area contributed by atoms with Gasteiger partial charge in [-0.15, -0.1) is 36.2 Å². The molecule has 1 aliphatic rings. The molecule has 4 aromatic rings. The summed E-state index contributed by atoms with van der Waals surface area (Å²) in [7, 11) is 1.61. The molecule has 0 atom stereocenters. The van der Waals surface area contributed by atoms with Crippen molar-refractivity contribution in [2.24, 2.45) is 0 Å². The van der Waals surface area contributed by atoms with Crippen LogP contribution in [0.3, 0.4) is 0 Å². The topological polar surface area (TPSA) is 57.7 Å². The number of ether oxygens (including phenoxy) is 1. The van der Waals surface area contributed by atoms with Crippen molar-refractivity contribution in [3.8, 4) is 5.75 Å². The summed E-state index contributed by atoms with van der Waals surface area (Å²) in [5.74, 6) is 0.557. The molecule has 0 saturated carbocycles. The molecule has 0 aliphatic carbocycles. The van der Waals surface area contributed by atoms with Crippen LogP contribution in [0.2, 0.25) is 0 Å². The van der Waals surface area contributed by atoms with E-state index in [1.54, 1.807) is 31.4 Å². The van der Waals surface area contributed by atoms with Crippen LogP contribution in [0.5, 0.6) is 5.75 Å². The zero-order valence-electron chi connectivity index (χ0n) is 21.2. The number of benzene rings is 3. The quantitative estimate of drug-likeness (QED) is 0.275. The van der Waals surface area contributed by atoms with Gasteiger partial charge in [0.25, 0.3) is 5.91 Å². The second-order valence-electron chi connectivity index (χ2n) is 8.86. The van der Waals surface area contributed by atoms with E-state index in [9.17, 15) is 4.79 Å². The number of halogens is 2. The summed E-state index contributed by atoms with van der Waals surface area (Å²) in [6.07, 6.45) is 0. The number of hydrogen-bond acceptors (Lipinski definition) is 6. The van der Waals surface area contributed by atoms with E-state index in [4.69, 9.17) is 4.74 Å². The van der Waals surface area contributed by atoms with Crippen LogP contribution >= 0.6 is 36.2 Å². The third-order valence-electron chi connectivity index (χ3n) is 6.51. The number of carbonyl (C=O) groups is 1. The molecular formula is C29H32Cl2N4O2S. The van der Waals surface area contributed by atoms with Crippen LogP contribution in [0.15, 0.2) is 90.3 Å². The van der Waals surface area contributed by atoms with Gasteiger partial charge in [0.15, 0.2) is 5.13 Å². The first-order chi connectivity index (χ1) is 17.7. The van der Waals surface area contributed by atoms with Crippen molar-refractivity contribution in [1.29, 1.82) is 0 Å². The van der Waals surface area contributed by atoms with Crippen LogP contribution in [0, 0.1) is 0 Å². The van der Waals surface area contributed by atoms with Crippen LogP contribution < -0.4 is 10.1 Å². The van der Waals surface area contributed by atoms with Gasteiger partial charge >= 0.3 is 0 Å². The van der Waals surface area contributed by atoms with Crippen LogP contribution in [0.4, 0.5) is 5.13 Å². The van der Waals surface area contributed by atoms with Gasteiger partial charge in [-0.05, 0) is 35.4 Å². The Morgan fingerprint density at radius 1 is 0.895 bits per heavy atom. The van der Waals surface area contributed by atoms with E-state index in [0.717, 1.165) is 44.2 Å². The lowest BCUT2D eigenvalue weighted by atomic mass is 9.96. The first-order valence-electron chi connectivity index (χ1n) is 12.2. The zero-order chi connectivity index (χ0) is 24.7. The van der Waals surface area contributed by atoms with Crippen LogP contribution in [0.1, 0.15) is 33.2 Å². The number of hydrogen-bond donors (Lipinski definition) is 1. The molecule has 3 aromatic carbocycles. The molecule has 0 radical (unpaired) electrons. The van der Waals surface area contributed by atoms with Gasteiger partial charge in [-0.25, -0.2) is 4.98 Å². The number of thiazole rings is 1. The van der Waals surface area contributed by atoms with Crippen molar-refractivity contribution in [3.63, 3.8) is 0 Å². The standard InChI is InChI=1S/C29H30N4O2S.2ClH/c1-35-26-14-12-24(13-15-26)28(34)31-29-30-25(21-36-29)20-32-16-18-33(19-17-32)27(22-8-4-2-5-9-22)23-10-6-3-7-11-23;;/h2-15,21,27H,16-20H2,1H3,(H,30,31,34);2*1H. The van der Waals surface area contributed by atoms with Gasteiger partial charge in [-0.2, -0.15) is 0 Å². The molecule has 1 aromatic heterocycles. The largest absolute Gasteiger partial charge is 0.497 e. The average Bonchev–Trinajstić information content (AvgIpc) is 3.37. The number of nitrogens with one attached hydrogen (secondary N) is 1. The Hall–Kier alpha value is -2.94. The zero-order valence-corrected chi connectivity index (χ0v) is 23.6. The molecule has 1 fully saturated rings. The molecule has 1 aliphatic heterocycles. The predicted octanol–water partition coefficient (Wildman–Crippen LogP) is 6.15. The highest BCUT2D eigenvalue weighted by Crippen LogP contribution is 2.30. The first kappa shape index (κ1) is 29.6. The lowest BCUT2D eigenvalue weighted by Crippen LogP contribution is -2.47. The van der Waals surface area contributed by atoms with Crippen LogP contribution in [-0.4, -0.2) is 54.0 Å². The maximum absolute atomic E-state index is 12.5. The highest BCUT2D eigenvalue weighted by molar-refractivity contribution is 7.14. The van der Waals surface area contributed by atoms with Gasteiger partial charge < -0.3 is 4.74 Å². The predicted molar refractivity (Wildman–Crippen MR) is 159 cm³/mol. The molecule has 1 saturated heterocycles. The van der Waals surface area contributed by atoms with Crippen LogP contribution in [-0.2, 0) is 6.54 Å². The third-order valence-corrected chi connectivity index (χ3v) is 7.32. The van der Waals surface area contributed by atoms with Crippen molar-refractivity contribution in [2.45, 2.75) is 12.6 Å². The van der Waals surface area contributed by atoms with E-state index >= 15 is 0 Å². The molecule has 0 bridgehead atoms. The number of methoxy groups -OCH3 is 1. The minimum absolute atomic E-state index is 0. The number of nitrogens with zero attached hydrogens (tertiary/aromatic N) is 3. The maximum atomic E-state index is 12.5. The second kappa shape index (κ2) is 14.3. The molecule has 0 spiro atoms. The van der Waals surface area contributed by atoms with E-state index in [0.29, 0.717) is 10.7 Å². The highest BCUT2D eigenvalue weighted by Gasteiger charge is 2.26. The summed E-state index contributed by atoms with van der Waals surface area (Å²) in [6, 6.07) is 28.8. The Balaban J connectivity index is 0.00000200. The third kappa shape index (κ3) is 7.34. The average molecular weight is 572 g/mol. The van der Waals surface area contributed by atoms with E-state index in [1.165, 1.54) is 22.5 Å². The molecule has 38 heavy (non-hydrogen) atoms. The normalized spacial score (nSPS) is 13.8. The fourth-order valence-corrected chi connectivity index (χ4v) is 5.34. The van der Waals surface area contributed by atoms with Gasteiger partial charge in [-0.1, -0.05) is 60.7 Å². The molecule has 1 amide bonds. The van der Waals surface area contributed by atoms with Crippen molar-refractivity contribution in [1.82, 2.24) is 14.8 Å². The molecule has 1 N–H and O–H groups in total. The fraction of sp³-hybridized carbons (Fsp3) is 0.241. The van der Waals surface area contributed by atoms with Gasteiger partial charge in [0.2, 0.25) is 0 Å². The van der Waals surface area contributed by atoms with Gasteiger partial charge in [-0.3, -0.25) is 19.9 Å². The summed E-state index contributed by atoms with van der Waals surface area (Å²) < 4.78 is 5.16. The van der Waals surface area contributed by atoms with Crippen molar-refractivity contribution >= 4 is 47.2 Å². The first-order valence-corrected chi connectivity index (χ1v) is 13.0. The molecule has 9 heteroatoms. The Bertz CT molecular complexity index is 1230. The lowest BCUT2D eigenvalue weighted by Gasteiger charge is -2.39. The highest BCUT2D eigenvalue weighted by atomic mass is 35.5. The summed E-state index contributed by atoms with van der Waals surface area (Å²) in [6.45, 7) is 4.70. The number of anilines is 1. The number of amides is 1. The molecule has 6 nitrogen and oxygen atoms in total. The Morgan fingerprint density at radius 3 is 2.03 bits per heavy atom. The summed E-state index contributed by atoms with van der Waals surface area (Å²) in [4.78, 5) is 22.2. The monoisotopic (exact) mass is 570 g/mol. The maximum Gasteiger partial charge on any atom is 0.257 e. The smallest absolute Gasteiger partial charge is 0.257 e. The van der Waals surface area contributed by atoms with E-state index in [-0.39, 0.29) is 36.8 Å². The van der Waals surface area contributed by atoms with Gasteiger partial charge in [0.1, 0.15) is 5.75 Å². The minimum atomic E-state index is -0.167. The molecule has 5 rings (SSSR count). The fourth-order valence-electron chi connectivity index (χ4n) is 4.64. The Morgan fingerprint density at radius 2 is 1.47 bits per heavy atom. The summed E-state index contributed by atoms with van der Waals surface area (Å²) >= 11 is 1.46. The van der Waals surface area contributed by atoms with E-state index < -0.39 is 0 Å². The molecule has 2 heterocycles.